The predicted octanol–water partition coefficient (Wildman–Crippen LogP) is 3.10. The van der Waals surface area contributed by atoms with Gasteiger partial charge in [-0.3, -0.25) is 15.2 Å². The summed E-state index contributed by atoms with van der Waals surface area (Å²) in [5.74, 6) is -2.06. The molecule has 1 fully saturated rings. The molecule has 174 valence electrons. The number of hydrogen-bond acceptors (Lipinski definition) is 6. The number of aromatic amines is 1. The summed E-state index contributed by atoms with van der Waals surface area (Å²) in [7, 11) is 0. The zero-order valence-corrected chi connectivity index (χ0v) is 18.6. The zero-order chi connectivity index (χ0) is 24.0. The molecule has 5 rings (SSSR count). The van der Waals surface area contributed by atoms with E-state index in [1.54, 1.807) is 13.8 Å². The Balaban J connectivity index is 1.22. The third kappa shape index (κ3) is 3.57. The number of carboxylic acids is 1. The van der Waals surface area contributed by atoms with Gasteiger partial charge in [-0.1, -0.05) is 62.4 Å². The summed E-state index contributed by atoms with van der Waals surface area (Å²) in [6.07, 6.45) is -0.756. The Bertz CT molecular complexity index is 1250. The van der Waals surface area contributed by atoms with Crippen molar-refractivity contribution in [3.8, 4) is 11.1 Å². The molecule has 1 aliphatic heterocycles. The highest BCUT2D eigenvalue weighted by molar-refractivity contribution is 5.95. The molecule has 2 aromatic carbocycles. The van der Waals surface area contributed by atoms with Crippen molar-refractivity contribution in [1.29, 1.82) is 0 Å². The van der Waals surface area contributed by atoms with Crippen molar-refractivity contribution in [1.82, 2.24) is 20.1 Å². The molecule has 2 amide bonds. The topological polar surface area (TPSA) is 138 Å². The van der Waals surface area contributed by atoms with E-state index < -0.39 is 29.4 Å². The van der Waals surface area contributed by atoms with Gasteiger partial charge in [0.05, 0.1) is 0 Å². The summed E-state index contributed by atoms with van der Waals surface area (Å²) >= 11 is 0. The number of ether oxygens (including phenoxy) is 1. The SMILES string of the molecule is CC1(C)CN(C(=O)c2nc(NC(=O)OCC3c4ccccc4-c4ccccc43)n[nH]2)C1C(=O)O. The summed E-state index contributed by atoms with van der Waals surface area (Å²) in [5, 5.41) is 18.1. The van der Waals surface area contributed by atoms with E-state index in [0.29, 0.717) is 0 Å². The van der Waals surface area contributed by atoms with E-state index in [-0.39, 0.29) is 30.8 Å². The minimum absolute atomic E-state index is 0.0924. The van der Waals surface area contributed by atoms with Gasteiger partial charge in [0.15, 0.2) is 0 Å². The summed E-state index contributed by atoms with van der Waals surface area (Å²) in [5.41, 5.74) is 3.89. The van der Waals surface area contributed by atoms with Gasteiger partial charge in [0, 0.05) is 17.9 Å². The van der Waals surface area contributed by atoms with Gasteiger partial charge in [-0.15, -0.1) is 5.10 Å². The van der Waals surface area contributed by atoms with Crippen LogP contribution in [-0.2, 0) is 9.53 Å². The van der Waals surface area contributed by atoms with Crippen molar-refractivity contribution >= 4 is 23.9 Å². The van der Waals surface area contributed by atoms with Gasteiger partial charge in [-0.05, 0) is 22.3 Å². The first kappa shape index (κ1) is 21.6. The van der Waals surface area contributed by atoms with Crippen LogP contribution in [0.15, 0.2) is 48.5 Å². The first-order valence-electron chi connectivity index (χ1n) is 10.8. The number of H-pyrrole nitrogens is 1. The minimum Gasteiger partial charge on any atom is -0.480 e. The number of amides is 2. The van der Waals surface area contributed by atoms with Crippen LogP contribution < -0.4 is 5.32 Å². The molecule has 10 nitrogen and oxygen atoms in total. The number of benzene rings is 2. The Kier molecular flexibility index (Phi) is 5.07. The molecule has 1 atom stereocenters. The van der Waals surface area contributed by atoms with Crippen LogP contribution in [0.4, 0.5) is 10.7 Å². The van der Waals surface area contributed by atoms with Crippen molar-refractivity contribution in [3.63, 3.8) is 0 Å². The second kappa shape index (κ2) is 7.98. The second-order valence-corrected chi connectivity index (χ2v) is 9.12. The summed E-state index contributed by atoms with van der Waals surface area (Å²) < 4.78 is 5.45. The lowest BCUT2D eigenvalue weighted by Gasteiger charge is -2.51. The smallest absolute Gasteiger partial charge is 0.414 e. The average molecular weight is 461 g/mol. The fourth-order valence-corrected chi connectivity index (χ4v) is 4.86. The predicted molar refractivity (Wildman–Crippen MR) is 121 cm³/mol. The number of carbonyl (C=O) groups excluding carboxylic acids is 2. The Morgan fingerprint density at radius 2 is 1.74 bits per heavy atom. The van der Waals surface area contributed by atoms with Gasteiger partial charge in [-0.2, -0.15) is 4.98 Å². The number of carboxylic acid groups (broad SMARTS) is 1. The van der Waals surface area contributed by atoms with E-state index in [1.807, 2.05) is 36.4 Å². The molecule has 1 aliphatic carbocycles. The van der Waals surface area contributed by atoms with Crippen LogP contribution in [0, 0.1) is 5.41 Å². The third-order valence-corrected chi connectivity index (χ3v) is 6.37. The Hall–Kier alpha value is -4.21. The van der Waals surface area contributed by atoms with Crippen molar-refractivity contribution in [2.24, 2.45) is 5.41 Å². The molecule has 0 radical (unpaired) electrons. The number of nitrogens with zero attached hydrogens (tertiary/aromatic N) is 3. The minimum atomic E-state index is -1.08. The van der Waals surface area contributed by atoms with Crippen molar-refractivity contribution in [2.45, 2.75) is 25.8 Å². The van der Waals surface area contributed by atoms with Crippen molar-refractivity contribution in [2.75, 3.05) is 18.5 Å². The van der Waals surface area contributed by atoms with E-state index in [4.69, 9.17) is 4.74 Å². The standard InChI is InChI=1S/C24H23N5O5/c1-24(2)12-29(18(24)21(31)32)20(30)19-25-22(28-27-19)26-23(33)34-11-17-15-9-5-3-7-13(15)14-8-4-6-10-16(14)17/h3-10,17-18H,11-12H2,1-2H3,(H,31,32)(H2,25,26,27,28,33). The average Bonchev–Trinajstić information content (AvgIpc) is 3.38. The largest absolute Gasteiger partial charge is 0.480 e. The maximum atomic E-state index is 12.6. The molecular formula is C24H23N5O5. The van der Waals surface area contributed by atoms with E-state index in [9.17, 15) is 19.5 Å². The lowest BCUT2D eigenvalue weighted by molar-refractivity contribution is -0.156. The molecule has 2 heterocycles. The van der Waals surface area contributed by atoms with E-state index >= 15 is 0 Å². The van der Waals surface area contributed by atoms with Crippen molar-refractivity contribution < 1.29 is 24.2 Å². The van der Waals surface area contributed by atoms with Crippen LogP contribution in [-0.4, -0.2) is 62.4 Å². The molecule has 10 heteroatoms. The van der Waals surface area contributed by atoms with Crippen LogP contribution in [0.25, 0.3) is 11.1 Å². The highest BCUT2D eigenvalue weighted by Crippen LogP contribution is 2.44. The number of rotatable bonds is 5. The molecule has 0 bridgehead atoms. The number of aromatic nitrogens is 3. The molecule has 1 saturated heterocycles. The van der Waals surface area contributed by atoms with Crippen LogP contribution >= 0.6 is 0 Å². The van der Waals surface area contributed by atoms with Gasteiger partial charge in [0.1, 0.15) is 12.6 Å². The number of anilines is 1. The Labute approximate surface area is 195 Å². The number of fused-ring (bicyclic) bond motifs is 3. The van der Waals surface area contributed by atoms with E-state index in [2.05, 4.69) is 32.6 Å². The first-order valence-corrected chi connectivity index (χ1v) is 10.8. The summed E-state index contributed by atoms with van der Waals surface area (Å²) in [4.78, 5) is 41.8. The molecule has 0 spiro atoms. The number of hydrogen-bond donors (Lipinski definition) is 3. The molecule has 0 saturated carbocycles. The van der Waals surface area contributed by atoms with Gasteiger partial charge in [0.2, 0.25) is 5.82 Å². The summed E-state index contributed by atoms with van der Waals surface area (Å²) in [6, 6.07) is 15.1. The first-order chi connectivity index (χ1) is 16.3. The maximum absolute atomic E-state index is 12.6. The number of carbonyl (C=O) groups is 3. The Morgan fingerprint density at radius 3 is 2.32 bits per heavy atom. The normalized spacial score (nSPS) is 17.9. The number of aliphatic carboxylic acids is 1. The van der Waals surface area contributed by atoms with Gasteiger partial charge in [-0.25, -0.2) is 9.59 Å². The van der Waals surface area contributed by atoms with Crippen LogP contribution in [0.3, 0.4) is 0 Å². The van der Waals surface area contributed by atoms with Gasteiger partial charge < -0.3 is 14.7 Å². The number of nitrogens with one attached hydrogen (secondary N) is 2. The van der Waals surface area contributed by atoms with Gasteiger partial charge in [0.25, 0.3) is 11.9 Å². The molecule has 3 N–H and O–H groups in total. The molecular weight excluding hydrogens is 438 g/mol. The van der Waals surface area contributed by atoms with E-state index in [0.717, 1.165) is 22.3 Å². The highest BCUT2D eigenvalue weighted by Gasteiger charge is 2.53. The quantitative estimate of drug-likeness (QED) is 0.531. The van der Waals surface area contributed by atoms with Crippen LogP contribution in [0.5, 0.6) is 0 Å². The third-order valence-electron chi connectivity index (χ3n) is 6.37. The van der Waals surface area contributed by atoms with Gasteiger partial charge >= 0.3 is 12.1 Å². The lowest BCUT2D eigenvalue weighted by atomic mass is 9.75. The van der Waals surface area contributed by atoms with Crippen molar-refractivity contribution in [3.05, 3.63) is 65.5 Å². The lowest BCUT2D eigenvalue weighted by Crippen LogP contribution is -2.67. The molecule has 3 aromatic rings. The Morgan fingerprint density at radius 1 is 1.12 bits per heavy atom. The number of likely N-dealkylation sites (tertiary alicyclic amines) is 1. The maximum Gasteiger partial charge on any atom is 0.414 e. The highest BCUT2D eigenvalue weighted by atomic mass is 16.5. The fraction of sp³-hybridized carbons (Fsp3) is 0.292. The fourth-order valence-electron chi connectivity index (χ4n) is 4.86. The molecule has 1 aromatic heterocycles. The second-order valence-electron chi connectivity index (χ2n) is 9.12. The van der Waals surface area contributed by atoms with E-state index in [1.165, 1.54) is 4.90 Å². The summed E-state index contributed by atoms with van der Waals surface area (Å²) in [6.45, 7) is 3.96. The zero-order valence-electron chi connectivity index (χ0n) is 18.6. The molecule has 2 aliphatic rings. The molecule has 34 heavy (non-hydrogen) atoms. The monoisotopic (exact) mass is 461 g/mol. The molecule has 1 unspecified atom stereocenters. The van der Waals surface area contributed by atoms with Crippen LogP contribution in [0.2, 0.25) is 0 Å². The van der Waals surface area contributed by atoms with Crippen LogP contribution in [0.1, 0.15) is 41.5 Å².